The lowest BCUT2D eigenvalue weighted by Gasteiger charge is -2.27. The van der Waals surface area contributed by atoms with Crippen LogP contribution in [0.3, 0.4) is 0 Å². The van der Waals surface area contributed by atoms with Crippen molar-refractivity contribution < 1.29 is 30.3 Å². The van der Waals surface area contributed by atoms with E-state index in [0.717, 1.165) is 38.5 Å². The summed E-state index contributed by atoms with van der Waals surface area (Å²) in [6, 6.07) is -0.0929. The molecule has 0 fully saturated rings. The van der Waals surface area contributed by atoms with Crippen LogP contribution >= 0.6 is 0 Å². The zero-order chi connectivity index (χ0) is 32.7. The van der Waals surface area contributed by atoms with Gasteiger partial charge in [-0.2, -0.15) is 0 Å². The zero-order valence-electron chi connectivity index (χ0n) is 29.0. The van der Waals surface area contributed by atoms with Gasteiger partial charge in [0.25, 0.3) is 5.91 Å². The van der Waals surface area contributed by atoms with Gasteiger partial charge in [-0.3, -0.25) is 4.79 Å². The van der Waals surface area contributed by atoms with Crippen molar-refractivity contribution in [3.8, 4) is 0 Å². The monoisotopic (exact) mass is 630 g/mol. The molecule has 6 N–H and O–H groups in total. The number of nitrogens with one attached hydrogen (secondary N) is 1. The molecule has 0 aliphatic rings. The quantitative estimate of drug-likeness (QED) is 0.0402. The van der Waals surface area contributed by atoms with E-state index in [0.29, 0.717) is 0 Å². The summed E-state index contributed by atoms with van der Waals surface area (Å²) in [5, 5.41) is 51.8. The molecule has 0 aliphatic carbocycles. The van der Waals surface area contributed by atoms with Gasteiger partial charge in [0.1, 0.15) is 18.3 Å². The second kappa shape index (κ2) is 32.2. The zero-order valence-corrected chi connectivity index (χ0v) is 29.0. The lowest BCUT2D eigenvalue weighted by Crippen LogP contribution is -2.53. The Labute approximate surface area is 272 Å². The van der Waals surface area contributed by atoms with Crippen LogP contribution in [0.2, 0.25) is 0 Å². The maximum absolute atomic E-state index is 12.7. The van der Waals surface area contributed by atoms with Crippen LogP contribution in [0.1, 0.15) is 194 Å². The Kier molecular flexibility index (Phi) is 31.7. The molecule has 0 aromatic heterocycles. The minimum Gasteiger partial charge on any atom is -0.394 e. The Morgan fingerprint density at radius 3 is 1.07 bits per heavy atom. The van der Waals surface area contributed by atoms with Crippen LogP contribution in [0.5, 0.6) is 0 Å². The van der Waals surface area contributed by atoms with Gasteiger partial charge >= 0.3 is 0 Å². The first-order valence-corrected chi connectivity index (χ1v) is 19.0. The van der Waals surface area contributed by atoms with Gasteiger partial charge in [0, 0.05) is 6.04 Å². The summed E-state index contributed by atoms with van der Waals surface area (Å²) in [5.41, 5.74) is 0. The van der Waals surface area contributed by atoms with Crippen LogP contribution in [-0.2, 0) is 4.79 Å². The van der Waals surface area contributed by atoms with Crippen molar-refractivity contribution in [1.82, 2.24) is 5.32 Å². The van der Waals surface area contributed by atoms with E-state index in [1.807, 2.05) is 0 Å². The predicted molar refractivity (Wildman–Crippen MR) is 184 cm³/mol. The van der Waals surface area contributed by atoms with Gasteiger partial charge in [-0.05, 0) is 12.8 Å². The minimum absolute atomic E-state index is 0.0929. The van der Waals surface area contributed by atoms with Crippen LogP contribution in [0.15, 0.2) is 0 Å². The summed E-state index contributed by atoms with van der Waals surface area (Å²) < 4.78 is 0. The van der Waals surface area contributed by atoms with E-state index in [4.69, 9.17) is 5.11 Å². The molecule has 0 bridgehead atoms. The summed E-state index contributed by atoms with van der Waals surface area (Å²) in [7, 11) is 0. The van der Waals surface area contributed by atoms with Gasteiger partial charge in [0.15, 0.2) is 6.10 Å². The van der Waals surface area contributed by atoms with E-state index in [2.05, 4.69) is 19.2 Å². The van der Waals surface area contributed by atoms with E-state index in [9.17, 15) is 25.2 Å². The molecule has 264 valence electrons. The van der Waals surface area contributed by atoms with E-state index < -0.39 is 36.9 Å². The molecule has 0 spiro atoms. The fourth-order valence-corrected chi connectivity index (χ4v) is 6.07. The van der Waals surface area contributed by atoms with Gasteiger partial charge in [-0.1, -0.05) is 181 Å². The summed E-state index contributed by atoms with van der Waals surface area (Å²) in [4.78, 5) is 12.7. The second-order valence-electron chi connectivity index (χ2n) is 13.4. The number of carbonyl (C=O) groups excluding carboxylic acids is 1. The molecule has 0 rings (SSSR count). The highest BCUT2D eigenvalue weighted by Gasteiger charge is 2.34. The average molecular weight is 630 g/mol. The van der Waals surface area contributed by atoms with Gasteiger partial charge in [0.2, 0.25) is 0 Å². The van der Waals surface area contributed by atoms with Crippen molar-refractivity contribution in [2.45, 2.75) is 224 Å². The van der Waals surface area contributed by atoms with Crippen molar-refractivity contribution in [1.29, 1.82) is 0 Å². The average Bonchev–Trinajstić information content (AvgIpc) is 3.03. The largest absolute Gasteiger partial charge is 0.394 e. The normalized spacial score (nSPS) is 14.5. The molecule has 7 heteroatoms. The SMILES string of the molecule is CCCCCCCCCCCCCCCC(CCCCCCCCCCCCCCC)NC(=O)C(O)C(O)C(O)C(O)CO. The number of hydrogen-bond acceptors (Lipinski definition) is 6. The van der Waals surface area contributed by atoms with Gasteiger partial charge < -0.3 is 30.8 Å². The number of amides is 1. The molecule has 0 saturated heterocycles. The fraction of sp³-hybridized carbons (Fsp3) is 0.973. The van der Waals surface area contributed by atoms with Crippen molar-refractivity contribution in [3.63, 3.8) is 0 Å². The summed E-state index contributed by atoms with van der Waals surface area (Å²) in [5.74, 6) is -0.740. The van der Waals surface area contributed by atoms with Crippen LogP contribution in [-0.4, -0.2) is 68.5 Å². The molecular weight excluding hydrogens is 554 g/mol. The highest BCUT2D eigenvalue weighted by molar-refractivity contribution is 5.81. The first kappa shape index (κ1) is 43.3. The molecule has 0 aromatic rings. The van der Waals surface area contributed by atoms with E-state index in [1.165, 1.54) is 141 Å². The summed E-state index contributed by atoms with van der Waals surface area (Å²) >= 11 is 0. The molecule has 44 heavy (non-hydrogen) atoms. The number of aliphatic hydroxyl groups excluding tert-OH is 5. The molecule has 0 aromatic carbocycles. The molecule has 0 radical (unpaired) electrons. The standard InChI is InChI=1S/C37H75NO6/c1-3-5-7-9-11-13-15-17-19-21-23-25-27-29-32(38-37(44)36(43)35(42)34(41)33(40)31-39)30-28-26-24-22-20-18-16-14-12-10-8-6-4-2/h32-36,39-43H,3-31H2,1-2H3,(H,38,44). The molecular formula is C37H75NO6. The molecule has 4 unspecified atom stereocenters. The van der Waals surface area contributed by atoms with Gasteiger partial charge in [-0.25, -0.2) is 0 Å². The number of unbranched alkanes of at least 4 members (excludes halogenated alkanes) is 24. The smallest absolute Gasteiger partial charge is 0.251 e. The van der Waals surface area contributed by atoms with Gasteiger partial charge in [0.05, 0.1) is 6.61 Å². The fourth-order valence-electron chi connectivity index (χ4n) is 6.07. The van der Waals surface area contributed by atoms with Crippen molar-refractivity contribution in [3.05, 3.63) is 0 Å². The predicted octanol–water partition coefficient (Wildman–Crippen LogP) is 7.87. The van der Waals surface area contributed by atoms with Crippen molar-refractivity contribution in [2.24, 2.45) is 0 Å². The van der Waals surface area contributed by atoms with Gasteiger partial charge in [-0.15, -0.1) is 0 Å². The highest BCUT2D eigenvalue weighted by atomic mass is 16.4. The number of aliphatic hydroxyl groups is 5. The lowest BCUT2D eigenvalue weighted by atomic mass is 9.98. The Bertz CT molecular complexity index is 577. The Morgan fingerprint density at radius 2 is 0.773 bits per heavy atom. The first-order valence-electron chi connectivity index (χ1n) is 19.0. The van der Waals surface area contributed by atoms with E-state index >= 15 is 0 Å². The van der Waals surface area contributed by atoms with Crippen LogP contribution in [0.25, 0.3) is 0 Å². The maximum atomic E-state index is 12.7. The molecule has 7 nitrogen and oxygen atoms in total. The second-order valence-corrected chi connectivity index (χ2v) is 13.4. The van der Waals surface area contributed by atoms with E-state index in [1.54, 1.807) is 0 Å². The minimum atomic E-state index is -1.87. The molecule has 0 aliphatic heterocycles. The molecule has 0 heterocycles. The topological polar surface area (TPSA) is 130 Å². The Balaban J connectivity index is 4.32. The third-order valence-corrected chi connectivity index (χ3v) is 9.18. The summed E-state index contributed by atoms with van der Waals surface area (Å²) in [6.45, 7) is 3.74. The highest BCUT2D eigenvalue weighted by Crippen LogP contribution is 2.17. The third-order valence-electron chi connectivity index (χ3n) is 9.18. The van der Waals surface area contributed by atoms with Crippen molar-refractivity contribution in [2.75, 3.05) is 6.61 Å². The van der Waals surface area contributed by atoms with Crippen LogP contribution in [0.4, 0.5) is 0 Å². The lowest BCUT2D eigenvalue weighted by molar-refractivity contribution is -0.149. The number of rotatable bonds is 34. The van der Waals surface area contributed by atoms with E-state index in [-0.39, 0.29) is 6.04 Å². The number of carbonyl (C=O) groups is 1. The molecule has 0 saturated carbocycles. The van der Waals surface area contributed by atoms with Crippen molar-refractivity contribution >= 4 is 5.91 Å². The summed E-state index contributed by atoms with van der Waals surface area (Å²) in [6.07, 6.45) is 27.9. The Morgan fingerprint density at radius 1 is 0.477 bits per heavy atom. The van der Waals surface area contributed by atoms with Crippen LogP contribution < -0.4 is 5.32 Å². The third kappa shape index (κ3) is 25.5. The molecule has 4 atom stereocenters. The first-order chi connectivity index (χ1) is 21.4. The number of hydrogen-bond donors (Lipinski definition) is 6. The molecule has 1 amide bonds. The Hall–Kier alpha value is -0.730. The van der Waals surface area contributed by atoms with Crippen LogP contribution in [0, 0.1) is 0 Å². The maximum Gasteiger partial charge on any atom is 0.251 e.